The smallest absolute Gasteiger partial charge is 0.262 e. The standard InChI is InChI=1S/C20H14BrFN2O3.C2H6/c1-10(24-19(25)12-5-3-4-6-13(12)20(24)26)17-16(21)18(27-2)14-9-11(22)7-8-15(14)23-17;1-2/h3-10H,1-2H3;1-2H3. The van der Waals surface area contributed by atoms with Crippen LogP contribution in [0.2, 0.25) is 0 Å². The molecule has 3 aromatic rings. The SMILES string of the molecule is CC.COc1c(Br)c(C(C)N2C(=O)c3ccccc3C2=O)nc2ccc(F)cc12. The Labute approximate surface area is 176 Å². The van der Waals surface area contributed by atoms with Crippen LogP contribution in [-0.4, -0.2) is 28.8 Å². The van der Waals surface area contributed by atoms with Crippen molar-refractivity contribution >= 4 is 38.6 Å². The quantitative estimate of drug-likeness (QED) is 0.484. The zero-order valence-electron chi connectivity index (χ0n) is 16.5. The summed E-state index contributed by atoms with van der Waals surface area (Å²) in [6.07, 6.45) is 0. The minimum Gasteiger partial charge on any atom is -0.495 e. The second-order valence-electron chi connectivity index (χ2n) is 6.21. The van der Waals surface area contributed by atoms with Gasteiger partial charge in [-0.3, -0.25) is 14.5 Å². The van der Waals surface area contributed by atoms with Crippen molar-refractivity contribution in [2.45, 2.75) is 26.8 Å². The lowest BCUT2D eigenvalue weighted by molar-refractivity contribution is 0.0591. The lowest BCUT2D eigenvalue weighted by Crippen LogP contribution is -2.33. The number of carbonyl (C=O) groups excluding carboxylic acids is 2. The summed E-state index contributed by atoms with van der Waals surface area (Å²) in [5, 5.41) is 0.502. The number of amides is 2. The number of benzene rings is 2. The van der Waals surface area contributed by atoms with E-state index in [4.69, 9.17) is 4.74 Å². The van der Waals surface area contributed by atoms with Crippen molar-refractivity contribution in [1.82, 2.24) is 9.88 Å². The molecule has 0 bridgehead atoms. The summed E-state index contributed by atoms with van der Waals surface area (Å²) in [6.45, 7) is 5.73. The first-order valence-electron chi connectivity index (χ1n) is 9.23. The summed E-state index contributed by atoms with van der Waals surface area (Å²) in [5.74, 6) is -0.737. The number of ether oxygens (including phenoxy) is 1. The number of carbonyl (C=O) groups is 2. The fraction of sp³-hybridized carbons (Fsp3) is 0.227. The molecule has 29 heavy (non-hydrogen) atoms. The second-order valence-corrected chi connectivity index (χ2v) is 7.00. The number of methoxy groups -OCH3 is 1. The van der Waals surface area contributed by atoms with E-state index >= 15 is 0 Å². The van der Waals surface area contributed by atoms with Crippen LogP contribution in [0.15, 0.2) is 46.9 Å². The molecule has 0 saturated heterocycles. The van der Waals surface area contributed by atoms with Crippen molar-refractivity contribution in [3.8, 4) is 5.75 Å². The minimum absolute atomic E-state index is 0.366. The Morgan fingerprint density at radius 1 is 1.07 bits per heavy atom. The molecular formula is C22H20BrFN2O3. The molecule has 0 fully saturated rings. The van der Waals surface area contributed by atoms with Crippen LogP contribution in [0.4, 0.5) is 4.39 Å². The minimum atomic E-state index is -0.643. The van der Waals surface area contributed by atoms with Gasteiger partial charge in [0, 0.05) is 5.39 Å². The molecule has 5 nitrogen and oxygen atoms in total. The maximum absolute atomic E-state index is 13.6. The summed E-state index contributed by atoms with van der Waals surface area (Å²) in [7, 11) is 1.47. The van der Waals surface area contributed by atoms with Crippen molar-refractivity contribution < 1.29 is 18.7 Å². The molecule has 0 spiro atoms. The van der Waals surface area contributed by atoms with Gasteiger partial charge in [0.1, 0.15) is 11.6 Å². The lowest BCUT2D eigenvalue weighted by atomic mass is 10.1. The Morgan fingerprint density at radius 2 is 1.66 bits per heavy atom. The van der Waals surface area contributed by atoms with Gasteiger partial charge in [-0.15, -0.1) is 0 Å². The molecule has 2 aromatic carbocycles. The normalized spacial score (nSPS) is 13.8. The molecule has 1 atom stereocenters. The van der Waals surface area contributed by atoms with Crippen LogP contribution < -0.4 is 4.74 Å². The van der Waals surface area contributed by atoms with Gasteiger partial charge in [-0.2, -0.15) is 0 Å². The molecule has 150 valence electrons. The molecule has 1 unspecified atom stereocenters. The molecular weight excluding hydrogens is 439 g/mol. The van der Waals surface area contributed by atoms with Gasteiger partial charge in [-0.1, -0.05) is 26.0 Å². The fourth-order valence-corrected chi connectivity index (χ4v) is 4.15. The van der Waals surface area contributed by atoms with Gasteiger partial charge < -0.3 is 4.74 Å². The van der Waals surface area contributed by atoms with Gasteiger partial charge in [-0.05, 0) is 53.2 Å². The number of halogens is 2. The Morgan fingerprint density at radius 3 is 2.21 bits per heavy atom. The van der Waals surface area contributed by atoms with E-state index in [1.165, 1.54) is 30.2 Å². The lowest BCUT2D eigenvalue weighted by Gasteiger charge is -2.24. The molecule has 4 rings (SSSR count). The van der Waals surface area contributed by atoms with Crippen LogP contribution in [0.1, 0.15) is 53.2 Å². The number of rotatable bonds is 3. The number of nitrogens with zero attached hydrogens (tertiary/aromatic N) is 2. The van der Waals surface area contributed by atoms with E-state index < -0.39 is 11.9 Å². The summed E-state index contributed by atoms with van der Waals surface area (Å²) in [6, 6.07) is 10.2. The summed E-state index contributed by atoms with van der Waals surface area (Å²) < 4.78 is 19.6. The molecule has 7 heteroatoms. The van der Waals surface area contributed by atoms with Crippen LogP contribution in [0.5, 0.6) is 5.75 Å². The highest BCUT2D eigenvalue weighted by Crippen LogP contribution is 2.40. The predicted octanol–water partition coefficient (Wildman–Crippen LogP) is 5.53. The van der Waals surface area contributed by atoms with Crippen molar-refractivity contribution in [3.05, 3.63) is 69.6 Å². The first kappa shape index (κ1) is 20.9. The molecule has 0 radical (unpaired) electrons. The van der Waals surface area contributed by atoms with E-state index in [-0.39, 0.29) is 11.8 Å². The van der Waals surface area contributed by atoms with Crippen LogP contribution in [0, 0.1) is 5.82 Å². The average molecular weight is 459 g/mol. The predicted molar refractivity (Wildman–Crippen MR) is 113 cm³/mol. The third kappa shape index (κ3) is 3.40. The monoisotopic (exact) mass is 458 g/mol. The number of hydrogen-bond acceptors (Lipinski definition) is 4. The zero-order valence-corrected chi connectivity index (χ0v) is 18.1. The Balaban J connectivity index is 0.00000117. The molecule has 2 amide bonds. The number of hydrogen-bond donors (Lipinski definition) is 0. The molecule has 0 aliphatic carbocycles. The molecule has 1 aromatic heterocycles. The molecule has 1 aliphatic heterocycles. The van der Waals surface area contributed by atoms with E-state index in [0.717, 1.165) is 0 Å². The highest BCUT2D eigenvalue weighted by Gasteiger charge is 2.40. The first-order chi connectivity index (χ1) is 13.9. The Bertz CT molecular complexity index is 1080. The zero-order chi connectivity index (χ0) is 21.3. The van der Waals surface area contributed by atoms with Gasteiger partial charge in [-0.25, -0.2) is 9.37 Å². The first-order valence-corrected chi connectivity index (χ1v) is 10.0. The van der Waals surface area contributed by atoms with Crippen LogP contribution in [-0.2, 0) is 0 Å². The largest absolute Gasteiger partial charge is 0.495 e. The maximum atomic E-state index is 13.6. The van der Waals surface area contributed by atoms with E-state index in [1.807, 2.05) is 13.8 Å². The molecule has 0 saturated carbocycles. The third-order valence-corrected chi connectivity index (χ3v) is 5.45. The number of fused-ring (bicyclic) bond motifs is 2. The number of pyridine rings is 1. The highest BCUT2D eigenvalue weighted by atomic mass is 79.9. The number of aromatic nitrogens is 1. The fourth-order valence-electron chi connectivity index (χ4n) is 3.36. The van der Waals surface area contributed by atoms with E-state index in [1.54, 1.807) is 31.2 Å². The summed E-state index contributed by atoms with van der Waals surface area (Å²) in [4.78, 5) is 31.3. The van der Waals surface area contributed by atoms with Gasteiger partial charge in [0.05, 0.1) is 40.0 Å². The number of imide groups is 1. The second kappa shape index (κ2) is 8.29. The van der Waals surface area contributed by atoms with Gasteiger partial charge in [0.25, 0.3) is 11.8 Å². The van der Waals surface area contributed by atoms with E-state index in [2.05, 4.69) is 20.9 Å². The van der Waals surface area contributed by atoms with Crippen molar-refractivity contribution in [2.24, 2.45) is 0 Å². The third-order valence-electron chi connectivity index (χ3n) is 4.68. The topological polar surface area (TPSA) is 59.5 Å². The Hall–Kier alpha value is -2.80. The van der Waals surface area contributed by atoms with Gasteiger partial charge in [0.2, 0.25) is 0 Å². The van der Waals surface area contributed by atoms with Crippen molar-refractivity contribution in [3.63, 3.8) is 0 Å². The summed E-state index contributed by atoms with van der Waals surface area (Å²) >= 11 is 3.45. The van der Waals surface area contributed by atoms with Gasteiger partial charge >= 0.3 is 0 Å². The van der Waals surface area contributed by atoms with Gasteiger partial charge in [0.15, 0.2) is 0 Å². The van der Waals surface area contributed by atoms with E-state index in [0.29, 0.717) is 37.9 Å². The van der Waals surface area contributed by atoms with Crippen LogP contribution in [0.3, 0.4) is 0 Å². The van der Waals surface area contributed by atoms with Crippen LogP contribution in [0.25, 0.3) is 10.9 Å². The Kier molecular flexibility index (Phi) is 5.98. The van der Waals surface area contributed by atoms with E-state index in [9.17, 15) is 14.0 Å². The maximum Gasteiger partial charge on any atom is 0.262 e. The van der Waals surface area contributed by atoms with Crippen LogP contribution >= 0.6 is 15.9 Å². The summed E-state index contributed by atoms with van der Waals surface area (Å²) in [5.41, 5.74) is 1.72. The molecule has 0 N–H and O–H groups in total. The molecule has 1 aliphatic rings. The average Bonchev–Trinajstić information content (AvgIpc) is 2.99. The highest BCUT2D eigenvalue weighted by molar-refractivity contribution is 9.10. The van der Waals surface area contributed by atoms with Crippen molar-refractivity contribution in [1.29, 1.82) is 0 Å². The van der Waals surface area contributed by atoms with Crippen molar-refractivity contribution in [2.75, 3.05) is 7.11 Å². The molecule has 2 heterocycles.